The normalized spacial score (nSPS) is 12.1. The van der Waals surface area contributed by atoms with E-state index < -0.39 is 23.7 Å². The molecule has 0 spiro atoms. The smallest absolute Gasteiger partial charge is 0.346 e. The van der Waals surface area contributed by atoms with Gasteiger partial charge in [-0.05, 0) is 55.0 Å². The molecule has 2 amide bonds. The van der Waals surface area contributed by atoms with Gasteiger partial charge in [0.15, 0.2) is 0 Å². The second kappa shape index (κ2) is 8.77. The summed E-state index contributed by atoms with van der Waals surface area (Å²) in [5.41, 5.74) is 0.590. The number of alkyl halides is 3. The average Bonchev–Trinajstić information content (AvgIpc) is 2.74. The Labute approximate surface area is 171 Å². The summed E-state index contributed by atoms with van der Waals surface area (Å²) < 4.78 is 38.7. The fourth-order valence-corrected chi connectivity index (χ4v) is 2.79. The molecular formula is C22H18F3N3O2. The Morgan fingerprint density at radius 2 is 1.67 bits per heavy atom. The molecule has 0 aliphatic rings. The number of nitrogens with one attached hydrogen (secondary N) is 2. The summed E-state index contributed by atoms with van der Waals surface area (Å²) in [6.07, 6.45) is -1.49. The monoisotopic (exact) mass is 413 g/mol. The molecule has 1 heterocycles. The lowest BCUT2D eigenvalue weighted by Crippen LogP contribution is -2.27. The second-order valence-electron chi connectivity index (χ2n) is 6.60. The number of carbonyl (C=O) groups is 2. The molecule has 3 rings (SSSR count). The van der Waals surface area contributed by atoms with E-state index in [1.807, 2.05) is 0 Å². The number of hydrogen-bond donors (Lipinski definition) is 2. The number of amides is 2. The lowest BCUT2D eigenvalue weighted by molar-refractivity contribution is -0.137. The van der Waals surface area contributed by atoms with E-state index in [1.165, 1.54) is 24.4 Å². The molecule has 5 nitrogen and oxygen atoms in total. The van der Waals surface area contributed by atoms with E-state index in [9.17, 15) is 22.8 Å². The molecule has 1 atom stereocenters. The highest BCUT2D eigenvalue weighted by molar-refractivity contribution is 6.04. The van der Waals surface area contributed by atoms with Gasteiger partial charge in [0, 0.05) is 23.6 Å². The fraction of sp³-hybridized carbons (Fsp3) is 0.136. The van der Waals surface area contributed by atoms with Crippen molar-refractivity contribution in [2.24, 2.45) is 0 Å². The fourth-order valence-electron chi connectivity index (χ4n) is 2.79. The van der Waals surface area contributed by atoms with Gasteiger partial charge < -0.3 is 10.6 Å². The minimum atomic E-state index is -4.46. The van der Waals surface area contributed by atoms with Crippen LogP contribution in [0.1, 0.15) is 44.8 Å². The maximum Gasteiger partial charge on any atom is 0.416 e. The van der Waals surface area contributed by atoms with Gasteiger partial charge in [-0.2, -0.15) is 13.2 Å². The molecule has 154 valence electrons. The van der Waals surface area contributed by atoms with E-state index in [2.05, 4.69) is 15.6 Å². The van der Waals surface area contributed by atoms with Crippen molar-refractivity contribution in [3.8, 4) is 0 Å². The molecule has 0 unspecified atom stereocenters. The van der Waals surface area contributed by atoms with Crippen molar-refractivity contribution >= 4 is 17.5 Å². The topological polar surface area (TPSA) is 71.1 Å². The Morgan fingerprint density at radius 1 is 0.933 bits per heavy atom. The van der Waals surface area contributed by atoms with Crippen LogP contribution in [0.4, 0.5) is 18.9 Å². The second-order valence-corrected chi connectivity index (χ2v) is 6.60. The minimum absolute atomic E-state index is 0.262. The zero-order valence-corrected chi connectivity index (χ0v) is 15.9. The number of nitrogens with zero attached hydrogens (tertiary/aromatic N) is 1. The van der Waals surface area contributed by atoms with Crippen LogP contribution in [-0.4, -0.2) is 16.8 Å². The Bertz CT molecular complexity index is 1050. The Morgan fingerprint density at radius 3 is 2.37 bits per heavy atom. The van der Waals surface area contributed by atoms with Crippen molar-refractivity contribution in [3.05, 3.63) is 95.3 Å². The van der Waals surface area contributed by atoms with Crippen LogP contribution < -0.4 is 10.6 Å². The first-order valence-corrected chi connectivity index (χ1v) is 9.03. The number of benzene rings is 2. The Balaban J connectivity index is 1.70. The van der Waals surface area contributed by atoms with Crippen molar-refractivity contribution in [3.63, 3.8) is 0 Å². The molecule has 2 N–H and O–H groups in total. The number of anilines is 1. The summed E-state index contributed by atoms with van der Waals surface area (Å²) in [6, 6.07) is 13.7. The van der Waals surface area contributed by atoms with Crippen molar-refractivity contribution in [2.75, 3.05) is 5.32 Å². The van der Waals surface area contributed by atoms with E-state index in [0.29, 0.717) is 16.8 Å². The maximum atomic E-state index is 12.9. The number of rotatable bonds is 5. The molecule has 1 aromatic heterocycles. The van der Waals surface area contributed by atoms with Crippen molar-refractivity contribution in [1.29, 1.82) is 0 Å². The largest absolute Gasteiger partial charge is 0.416 e. The van der Waals surface area contributed by atoms with E-state index >= 15 is 0 Å². The highest BCUT2D eigenvalue weighted by Gasteiger charge is 2.30. The summed E-state index contributed by atoms with van der Waals surface area (Å²) in [5, 5.41) is 5.35. The zero-order valence-electron chi connectivity index (χ0n) is 15.9. The van der Waals surface area contributed by atoms with Crippen LogP contribution in [-0.2, 0) is 6.18 Å². The van der Waals surface area contributed by atoms with Crippen LogP contribution in [0.25, 0.3) is 0 Å². The molecule has 30 heavy (non-hydrogen) atoms. The molecule has 0 aliphatic carbocycles. The average molecular weight is 413 g/mol. The van der Waals surface area contributed by atoms with Gasteiger partial charge in [-0.3, -0.25) is 14.6 Å². The lowest BCUT2D eigenvalue weighted by atomic mass is 10.0. The standard InChI is InChI=1S/C22H18F3N3O2/c1-14(15-5-2-8-18(11-15)22(23,24)25)27-20(29)16-6-3-9-19(12-16)28-21(30)17-7-4-10-26-13-17/h2-14H,1H3,(H,27,29)(H,28,30)/t14-/m1/s1. The SMILES string of the molecule is C[C@@H](NC(=O)c1cccc(NC(=O)c2cccnc2)c1)c1cccc(C(F)(F)F)c1. The molecule has 0 bridgehead atoms. The molecule has 0 saturated carbocycles. The zero-order chi connectivity index (χ0) is 21.7. The third-order valence-corrected chi connectivity index (χ3v) is 4.37. The number of hydrogen-bond acceptors (Lipinski definition) is 3. The van der Waals surface area contributed by atoms with Crippen LogP contribution >= 0.6 is 0 Å². The molecule has 0 radical (unpaired) electrons. The third-order valence-electron chi connectivity index (χ3n) is 4.37. The molecule has 8 heteroatoms. The summed E-state index contributed by atoms with van der Waals surface area (Å²) >= 11 is 0. The van der Waals surface area contributed by atoms with Gasteiger partial charge >= 0.3 is 6.18 Å². The molecular weight excluding hydrogens is 395 g/mol. The van der Waals surface area contributed by atoms with E-state index in [0.717, 1.165) is 12.1 Å². The number of halogens is 3. The van der Waals surface area contributed by atoms with Crippen molar-refractivity contribution in [2.45, 2.75) is 19.1 Å². The van der Waals surface area contributed by atoms with Crippen molar-refractivity contribution in [1.82, 2.24) is 10.3 Å². The Kier molecular flexibility index (Phi) is 6.15. The first-order chi connectivity index (χ1) is 14.2. The van der Waals surface area contributed by atoms with Crippen LogP contribution in [0.2, 0.25) is 0 Å². The molecule has 0 saturated heterocycles. The predicted octanol–water partition coefficient (Wildman–Crippen LogP) is 4.84. The summed E-state index contributed by atoms with van der Waals surface area (Å²) in [5.74, 6) is -0.851. The summed E-state index contributed by atoms with van der Waals surface area (Å²) in [7, 11) is 0. The van der Waals surface area contributed by atoms with Crippen LogP contribution in [0.3, 0.4) is 0 Å². The van der Waals surface area contributed by atoms with E-state index in [4.69, 9.17) is 0 Å². The summed E-state index contributed by atoms with van der Waals surface area (Å²) in [6.45, 7) is 1.60. The quantitative estimate of drug-likeness (QED) is 0.629. The predicted molar refractivity (Wildman–Crippen MR) is 106 cm³/mol. The van der Waals surface area contributed by atoms with E-state index in [-0.39, 0.29) is 11.5 Å². The maximum absolute atomic E-state index is 12.9. The van der Waals surface area contributed by atoms with Gasteiger partial charge in [-0.15, -0.1) is 0 Å². The number of pyridine rings is 1. The molecule has 0 fully saturated rings. The minimum Gasteiger partial charge on any atom is -0.346 e. The highest BCUT2D eigenvalue weighted by atomic mass is 19.4. The van der Waals surface area contributed by atoms with Crippen LogP contribution in [0.15, 0.2) is 73.1 Å². The van der Waals surface area contributed by atoms with Gasteiger partial charge in [0.25, 0.3) is 11.8 Å². The van der Waals surface area contributed by atoms with Gasteiger partial charge in [-0.25, -0.2) is 0 Å². The van der Waals surface area contributed by atoms with Gasteiger partial charge in [0.1, 0.15) is 0 Å². The number of aromatic nitrogens is 1. The first kappa shape index (κ1) is 21.0. The molecule has 2 aromatic carbocycles. The Hall–Kier alpha value is -3.68. The van der Waals surface area contributed by atoms with Crippen LogP contribution in [0, 0.1) is 0 Å². The summed E-state index contributed by atoms with van der Waals surface area (Å²) in [4.78, 5) is 28.7. The first-order valence-electron chi connectivity index (χ1n) is 9.03. The number of carbonyl (C=O) groups excluding carboxylic acids is 2. The van der Waals surface area contributed by atoms with E-state index in [1.54, 1.807) is 43.5 Å². The van der Waals surface area contributed by atoms with Gasteiger partial charge in [0.05, 0.1) is 17.2 Å². The van der Waals surface area contributed by atoms with Crippen LogP contribution in [0.5, 0.6) is 0 Å². The highest BCUT2D eigenvalue weighted by Crippen LogP contribution is 2.30. The van der Waals surface area contributed by atoms with Gasteiger partial charge in [-0.1, -0.05) is 18.2 Å². The lowest BCUT2D eigenvalue weighted by Gasteiger charge is -2.16. The molecule has 3 aromatic rings. The molecule has 0 aliphatic heterocycles. The third kappa shape index (κ3) is 5.22. The van der Waals surface area contributed by atoms with Crippen molar-refractivity contribution < 1.29 is 22.8 Å². The van der Waals surface area contributed by atoms with Gasteiger partial charge in [0.2, 0.25) is 0 Å².